The Hall–Kier alpha value is -1.95. The summed E-state index contributed by atoms with van der Waals surface area (Å²) in [6.07, 6.45) is 6.19. The van der Waals surface area contributed by atoms with Gasteiger partial charge in [-0.1, -0.05) is 6.42 Å². The van der Waals surface area contributed by atoms with Crippen molar-refractivity contribution in [2.24, 2.45) is 5.41 Å². The second kappa shape index (κ2) is 5.30. The number of ether oxygens (including phenoxy) is 2. The molecule has 2 aromatic rings. The topological polar surface area (TPSA) is 65.7 Å². The van der Waals surface area contributed by atoms with Crippen molar-refractivity contribution in [3.63, 3.8) is 0 Å². The maximum atomic E-state index is 12.5. The van der Waals surface area contributed by atoms with E-state index >= 15 is 0 Å². The van der Waals surface area contributed by atoms with Crippen LogP contribution in [0.5, 0.6) is 0 Å². The molecule has 2 aromatic heterocycles. The predicted octanol–water partition coefficient (Wildman–Crippen LogP) is 2.54. The largest absolute Gasteiger partial charge is 0.458 e. The zero-order valence-corrected chi connectivity index (χ0v) is 13.5. The van der Waals surface area contributed by atoms with Crippen LogP contribution in [0.3, 0.4) is 0 Å². The zero-order valence-electron chi connectivity index (χ0n) is 13.5. The number of esters is 1. The van der Waals surface area contributed by atoms with Gasteiger partial charge >= 0.3 is 5.97 Å². The van der Waals surface area contributed by atoms with Gasteiger partial charge in [0.1, 0.15) is 11.9 Å². The summed E-state index contributed by atoms with van der Waals surface area (Å²) in [5.41, 5.74) is 1.34. The average molecular weight is 315 g/mol. The van der Waals surface area contributed by atoms with E-state index in [4.69, 9.17) is 9.47 Å². The minimum atomic E-state index is -0.272. The van der Waals surface area contributed by atoms with E-state index < -0.39 is 0 Å². The van der Waals surface area contributed by atoms with Crippen molar-refractivity contribution < 1.29 is 14.3 Å². The van der Waals surface area contributed by atoms with Crippen LogP contribution >= 0.6 is 0 Å². The van der Waals surface area contributed by atoms with Crippen molar-refractivity contribution in [1.82, 2.24) is 14.6 Å². The lowest BCUT2D eigenvalue weighted by atomic mass is 9.52. The van der Waals surface area contributed by atoms with E-state index in [1.54, 1.807) is 22.7 Å². The standard InChI is InChI=1S/C17H21N3O3/c1-3-22-13-9-14(17(13)7-4-8-17)23-16(21)12-5-6-15-19-18-11(2)20(15)10-12/h5-6,10,13-14H,3-4,7-9H2,1-2H3/t13-,14-/m1/s1. The van der Waals surface area contributed by atoms with Crippen molar-refractivity contribution >= 4 is 11.6 Å². The normalized spacial score (nSPS) is 25.1. The molecule has 122 valence electrons. The molecule has 0 aliphatic heterocycles. The van der Waals surface area contributed by atoms with Gasteiger partial charge in [0.25, 0.3) is 0 Å². The van der Waals surface area contributed by atoms with Crippen molar-refractivity contribution in [3.05, 3.63) is 29.7 Å². The maximum Gasteiger partial charge on any atom is 0.339 e. The molecular weight excluding hydrogens is 294 g/mol. The third-order valence-electron chi connectivity index (χ3n) is 5.42. The first-order valence-electron chi connectivity index (χ1n) is 8.28. The summed E-state index contributed by atoms with van der Waals surface area (Å²) < 4.78 is 13.4. The number of carbonyl (C=O) groups is 1. The first-order chi connectivity index (χ1) is 11.1. The fourth-order valence-electron chi connectivity index (χ4n) is 3.86. The van der Waals surface area contributed by atoms with Gasteiger partial charge in [-0.3, -0.25) is 4.40 Å². The highest BCUT2D eigenvalue weighted by molar-refractivity contribution is 5.89. The van der Waals surface area contributed by atoms with Gasteiger partial charge in [-0.2, -0.15) is 0 Å². The second-order valence-electron chi connectivity index (χ2n) is 6.55. The van der Waals surface area contributed by atoms with E-state index in [2.05, 4.69) is 10.2 Å². The van der Waals surface area contributed by atoms with Gasteiger partial charge in [-0.25, -0.2) is 4.79 Å². The van der Waals surface area contributed by atoms with Gasteiger partial charge in [0.2, 0.25) is 0 Å². The van der Waals surface area contributed by atoms with Crippen LogP contribution in [0.15, 0.2) is 18.3 Å². The lowest BCUT2D eigenvalue weighted by Crippen LogP contribution is -2.63. The third-order valence-corrected chi connectivity index (χ3v) is 5.42. The number of carbonyl (C=O) groups excluding carboxylic acids is 1. The molecule has 0 bridgehead atoms. The molecule has 6 nitrogen and oxygen atoms in total. The number of pyridine rings is 1. The van der Waals surface area contributed by atoms with E-state index in [1.165, 1.54) is 6.42 Å². The molecule has 2 heterocycles. The average Bonchev–Trinajstić information content (AvgIpc) is 2.85. The second-order valence-corrected chi connectivity index (χ2v) is 6.55. The monoisotopic (exact) mass is 315 g/mol. The first-order valence-corrected chi connectivity index (χ1v) is 8.28. The van der Waals surface area contributed by atoms with Crippen molar-refractivity contribution in [2.75, 3.05) is 6.61 Å². The molecule has 6 heteroatoms. The number of hydrogen-bond donors (Lipinski definition) is 0. The first kappa shape index (κ1) is 14.6. The van der Waals surface area contributed by atoms with E-state index in [0.29, 0.717) is 5.56 Å². The Balaban J connectivity index is 1.50. The summed E-state index contributed by atoms with van der Waals surface area (Å²) in [5.74, 6) is 0.483. The molecule has 2 aliphatic carbocycles. The molecule has 0 radical (unpaired) electrons. The molecule has 23 heavy (non-hydrogen) atoms. The van der Waals surface area contributed by atoms with Gasteiger partial charge in [0.05, 0.1) is 11.7 Å². The minimum absolute atomic E-state index is 0.0157. The van der Waals surface area contributed by atoms with Crippen molar-refractivity contribution in [2.45, 2.75) is 51.7 Å². The molecule has 2 aliphatic rings. The Kier molecular flexibility index (Phi) is 3.37. The lowest BCUT2D eigenvalue weighted by Gasteiger charge is -2.59. The fraction of sp³-hybridized carbons (Fsp3) is 0.588. The smallest absolute Gasteiger partial charge is 0.339 e. The number of fused-ring (bicyclic) bond motifs is 1. The molecule has 4 rings (SSSR count). The Morgan fingerprint density at radius 2 is 2.17 bits per heavy atom. The summed E-state index contributed by atoms with van der Waals surface area (Å²) in [7, 11) is 0. The molecule has 2 fully saturated rings. The highest BCUT2D eigenvalue weighted by atomic mass is 16.6. The van der Waals surface area contributed by atoms with Crippen LogP contribution in [-0.2, 0) is 9.47 Å². The van der Waals surface area contributed by atoms with Gasteiger partial charge in [-0.15, -0.1) is 10.2 Å². The Labute approximate surface area is 134 Å². The summed E-state index contributed by atoms with van der Waals surface area (Å²) >= 11 is 0. The molecule has 2 saturated carbocycles. The predicted molar refractivity (Wildman–Crippen MR) is 83.2 cm³/mol. The van der Waals surface area contributed by atoms with E-state index in [1.807, 2.05) is 13.8 Å². The fourth-order valence-corrected chi connectivity index (χ4v) is 3.86. The number of nitrogens with zero attached hydrogens (tertiary/aromatic N) is 3. The van der Waals surface area contributed by atoms with Crippen LogP contribution in [0.25, 0.3) is 5.65 Å². The lowest BCUT2D eigenvalue weighted by molar-refractivity contribution is -0.225. The zero-order chi connectivity index (χ0) is 16.0. The molecule has 0 saturated heterocycles. The van der Waals surface area contributed by atoms with Gasteiger partial charge in [-0.05, 0) is 38.8 Å². The van der Waals surface area contributed by atoms with Gasteiger partial charge in [0.15, 0.2) is 5.65 Å². The van der Waals surface area contributed by atoms with Crippen molar-refractivity contribution in [1.29, 1.82) is 0 Å². The van der Waals surface area contributed by atoms with Crippen LogP contribution in [0, 0.1) is 12.3 Å². The Bertz CT molecular complexity index is 751. The molecule has 0 aromatic carbocycles. The molecular formula is C17H21N3O3. The van der Waals surface area contributed by atoms with Crippen LogP contribution in [0.1, 0.15) is 48.8 Å². The van der Waals surface area contributed by atoms with Gasteiger partial charge in [0, 0.05) is 24.6 Å². The highest BCUT2D eigenvalue weighted by Crippen LogP contribution is 2.58. The highest BCUT2D eigenvalue weighted by Gasteiger charge is 2.61. The van der Waals surface area contributed by atoms with E-state index in [0.717, 1.165) is 37.3 Å². The van der Waals surface area contributed by atoms with Crippen LogP contribution < -0.4 is 0 Å². The quantitative estimate of drug-likeness (QED) is 0.811. The van der Waals surface area contributed by atoms with Gasteiger partial charge < -0.3 is 9.47 Å². The molecule has 0 amide bonds. The SMILES string of the molecule is CCO[C@@H]1C[C@@H](OC(=O)c2ccc3nnc(C)n3c2)C12CCC2. The minimum Gasteiger partial charge on any atom is -0.458 e. The van der Waals surface area contributed by atoms with Crippen LogP contribution in [-0.4, -0.2) is 39.4 Å². The molecule has 2 atom stereocenters. The Morgan fingerprint density at radius 1 is 1.35 bits per heavy atom. The number of rotatable bonds is 4. The maximum absolute atomic E-state index is 12.5. The third kappa shape index (κ3) is 2.16. The van der Waals surface area contributed by atoms with Crippen LogP contribution in [0.4, 0.5) is 0 Å². The van der Waals surface area contributed by atoms with Crippen LogP contribution in [0.2, 0.25) is 0 Å². The summed E-state index contributed by atoms with van der Waals surface area (Å²) in [6, 6.07) is 3.54. The number of aryl methyl sites for hydroxylation is 1. The number of aromatic nitrogens is 3. The summed E-state index contributed by atoms with van der Waals surface area (Å²) in [4.78, 5) is 12.5. The summed E-state index contributed by atoms with van der Waals surface area (Å²) in [6.45, 7) is 4.59. The number of hydrogen-bond acceptors (Lipinski definition) is 5. The Morgan fingerprint density at radius 3 is 2.87 bits per heavy atom. The molecule has 0 unspecified atom stereocenters. The summed E-state index contributed by atoms with van der Waals surface area (Å²) in [5, 5.41) is 8.03. The van der Waals surface area contributed by atoms with E-state index in [-0.39, 0.29) is 23.6 Å². The van der Waals surface area contributed by atoms with E-state index in [9.17, 15) is 4.79 Å². The molecule has 0 N–H and O–H groups in total. The molecule has 1 spiro atoms. The van der Waals surface area contributed by atoms with Crippen molar-refractivity contribution in [3.8, 4) is 0 Å².